The summed E-state index contributed by atoms with van der Waals surface area (Å²) in [5.74, 6) is -2.35. The molecule has 0 fully saturated rings. The Morgan fingerprint density at radius 1 is 1.14 bits per heavy atom. The highest BCUT2D eigenvalue weighted by Crippen LogP contribution is 2.19. The number of ether oxygens (including phenoxy) is 1. The lowest BCUT2D eigenvalue weighted by molar-refractivity contribution is -0.183. The molecule has 1 N–H and O–H groups in total. The van der Waals surface area contributed by atoms with Gasteiger partial charge in [0.2, 0.25) is 5.71 Å². The summed E-state index contributed by atoms with van der Waals surface area (Å²) in [4.78, 5) is 10.2. The van der Waals surface area contributed by atoms with E-state index >= 15 is 0 Å². The van der Waals surface area contributed by atoms with E-state index < -0.39 is 30.6 Å². The SMILES string of the molecule is N=C(C(=O)OCC(F)(F)F)C(F)(F)F. The summed E-state index contributed by atoms with van der Waals surface area (Å²) in [5.41, 5.74) is -2.47. The fourth-order valence-corrected chi connectivity index (χ4v) is 0.335. The van der Waals surface area contributed by atoms with Crippen molar-refractivity contribution in [3.05, 3.63) is 0 Å². The predicted molar refractivity (Wildman–Crippen MR) is 30.8 cm³/mol. The molecule has 0 bridgehead atoms. The van der Waals surface area contributed by atoms with Crippen molar-refractivity contribution in [2.75, 3.05) is 6.61 Å². The Balaban J connectivity index is 4.19. The van der Waals surface area contributed by atoms with Crippen molar-refractivity contribution >= 4 is 11.7 Å². The maximum Gasteiger partial charge on any atom is 0.439 e. The largest absolute Gasteiger partial charge is 0.451 e. The van der Waals surface area contributed by atoms with Crippen LogP contribution in [-0.2, 0) is 9.53 Å². The van der Waals surface area contributed by atoms with Crippen LogP contribution in [0.5, 0.6) is 0 Å². The highest BCUT2D eigenvalue weighted by Gasteiger charge is 2.42. The van der Waals surface area contributed by atoms with Gasteiger partial charge in [0.25, 0.3) is 0 Å². The van der Waals surface area contributed by atoms with Crippen LogP contribution in [0.25, 0.3) is 0 Å². The van der Waals surface area contributed by atoms with Crippen molar-refractivity contribution < 1.29 is 35.9 Å². The Morgan fingerprint density at radius 3 is 1.86 bits per heavy atom. The first-order valence-corrected chi connectivity index (χ1v) is 2.93. The summed E-state index contributed by atoms with van der Waals surface area (Å²) in [6, 6.07) is 0. The molecule has 0 heterocycles. The van der Waals surface area contributed by atoms with Crippen LogP contribution >= 0.6 is 0 Å². The molecular formula is C5H3F6NO2. The predicted octanol–water partition coefficient (Wildman–Crippen LogP) is 1.67. The molecule has 0 saturated carbocycles. The summed E-state index contributed by atoms with van der Waals surface area (Å²) < 4.78 is 71.8. The molecule has 0 saturated heterocycles. The number of rotatable bonds is 2. The van der Waals surface area contributed by atoms with Gasteiger partial charge in [0.05, 0.1) is 0 Å². The van der Waals surface area contributed by atoms with Crippen molar-refractivity contribution in [2.45, 2.75) is 12.4 Å². The Kier molecular flexibility index (Phi) is 3.49. The number of nitrogens with one attached hydrogen (secondary N) is 1. The van der Waals surface area contributed by atoms with Crippen LogP contribution in [0.15, 0.2) is 0 Å². The smallest absolute Gasteiger partial charge is 0.439 e. The molecule has 0 radical (unpaired) electrons. The fourth-order valence-electron chi connectivity index (χ4n) is 0.335. The zero-order valence-corrected chi connectivity index (χ0v) is 6.29. The summed E-state index contributed by atoms with van der Waals surface area (Å²) >= 11 is 0. The van der Waals surface area contributed by atoms with Crippen molar-refractivity contribution in [2.24, 2.45) is 0 Å². The van der Waals surface area contributed by atoms with Gasteiger partial charge in [-0.2, -0.15) is 26.3 Å². The number of hydrogen-bond donors (Lipinski definition) is 1. The Bertz CT molecular complexity index is 242. The van der Waals surface area contributed by atoms with E-state index in [2.05, 4.69) is 4.74 Å². The molecule has 0 aromatic carbocycles. The number of alkyl halides is 6. The molecule has 0 aliphatic carbocycles. The van der Waals surface area contributed by atoms with E-state index in [0.717, 1.165) is 0 Å². The minimum Gasteiger partial charge on any atom is -0.451 e. The van der Waals surface area contributed by atoms with Crippen molar-refractivity contribution in [3.8, 4) is 0 Å². The average Bonchev–Trinajstić information content (AvgIpc) is 1.95. The maximum atomic E-state index is 11.5. The zero-order valence-electron chi connectivity index (χ0n) is 6.29. The first-order chi connectivity index (χ1) is 6.04. The molecule has 9 heteroatoms. The van der Waals surface area contributed by atoms with Crippen LogP contribution in [0.4, 0.5) is 26.3 Å². The van der Waals surface area contributed by atoms with Gasteiger partial charge >= 0.3 is 18.3 Å². The first kappa shape index (κ1) is 12.7. The second-order valence-electron chi connectivity index (χ2n) is 2.06. The van der Waals surface area contributed by atoms with Crippen LogP contribution in [0.2, 0.25) is 0 Å². The van der Waals surface area contributed by atoms with Crippen molar-refractivity contribution in [1.29, 1.82) is 5.41 Å². The van der Waals surface area contributed by atoms with E-state index in [1.807, 2.05) is 0 Å². The second kappa shape index (κ2) is 3.84. The molecule has 0 amide bonds. The fraction of sp³-hybridized carbons (Fsp3) is 0.600. The third-order valence-corrected chi connectivity index (χ3v) is 0.855. The summed E-state index contributed by atoms with van der Waals surface area (Å²) in [7, 11) is 0. The minimum atomic E-state index is -5.30. The van der Waals surface area contributed by atoms with Gasteiger partial charge in [-0.25, -0.2) is 4.79 Å². The first-order valence-electron chi connectivity index (χ1n) is 2.93. The molecule has 0 rings (SSSR count). The lowest BCUT2D eigenvalue weighted by Gasteiger charge is -2.09. The lowest BCUT2D eigenvalue weighted by Crippen LogP contribution is -2.33. The van der Waals surface area contributed by atoms with Crippen LogP contribution < -0.4 is 0 Å². The molecule has 0 aromatic rings. The second-order valence-corrected chi connectivity index (χ2v) is 2.06. The van der Waals surface area contributed by atoms with Gasteiger partial charge in [-0.15, -0.1) is 0 Å². The number of carbonyl (C=O) groups is 1. The Hall–Kier alpha value is -1.28. The quantitative estimate of drug-likeness (QED) is 0.439. The molecule has 0 aliphatic heterocycles. The zero-order chi connectivity index (χ0) is 11.6. The molecule has 0 spiro atoms. The van der Waals surface area contributed by atoms with Crippen LogP contribution in [0.3, 0.4) is 0 Å². The molecule has 0 aromatic heterocycles. The lowest BCUT2D eigenvalue weighted by atomic mass is 10.4. The summed E-state index contributed by atoms with van der Waals surface area (Å²) in [5, 5.41) is 6.09. The average molecular weight is 223 g/mol. The van der Waals surface area contributed by atoms with Gasteiger partial charge in [-0.1, -0.05) is 0 Å². The summed E-state index contributed by atoms with van der Waals surface area (Å²) in [6.45, 7) is -2.15. The third kappa shape index (κ3) is 4.67. The van der Waals surface area contributed by atoms with Gasteiger partial charge in [0.1, 0.15) is 0 Å². The number of esters is 1. The molecule has 3 nitrogen and oxygen atoms in total. The van der Waals surface area contributed by atoms with Gasteiger partial charge in [0, 0.05) is 0 Å². The van der Waals surface area contributed by atoms with E-state index in [-0.39, 0.29) is 0 Å². The normalized spacial score (nSPS) is 12.4. The molecule has 82 valence electrons. The number of halogens is 6. The van der Waals surface area contributed by atoms with Crippen LogP contribution in [-0.4, -0.2) is 30.6 Å². The van der Waals surface area contributed by atoms with Crippen molar-refractivity contribution in [3.63, 3.8) is 0 Å². The highest BCUT2D eigenvalue weighted by atomic mass is 19.4. The van der Waals surface area contributed by atoms with Crippen molar-refractivity contribution in [1.82, 2.24) is 0 Å². The molecule has 0 unspecified atom stereocenters. The minimum absolute atomic E-state index is 2.15. The van der Waals surface area contributed by atoms with Crippen LogP contribution in [0, 0.1) is 5.41 Å². The van der Waals surface area contributed by atoms with E-state index in [4.69, 9.17) is 5.41 Å². The van der Waals surface area contributed by atoms with Gasteiger partial charge < -0.3 is 4.74 Å². The molecule has 14 heavy (non-hydrogen) atoms. The molecule has 0 aliphatic rings. The van der Waals surface area contributed by atoms with Gasteiger partial charge in [-0.3, -0.25) is 5.41 Å². The third-order valence-electron chi connectivity index (χ3n) is 0.855. The monoisotopic (exact) mass is 223 g/mol. The summed E-state index contributed by atoms with van der Waals surface area (Å²) in [6.07, 6.45) is -10.2. The topological polar surface area (TPSA) is 50.2 Å². The maximum absolute atomic E-state index is 11.5. The van der Waals surface area contributed by atoms with Gasteiger partial charge in [-0.05, 0) is 0 Å². The molecular weight excluding hydrogens is 220 g/mol. The van der Waals surface area contributed by atoms with Crippen LogP contribution in [0.1, 0.15) is 0 Å². The standard InChI is InChI=1S/C5H3F6NO2/c6-4(7,8)1-14-3(13)2(12)5(9,10)11/h12H,1H2. The van der Waals surface area contributed by atoms with E-state index in [1.54, 1.807) is 0 Å². The van der Waals surface area contributed by atoms with E-state index in [0.29, 0.717) is 0 Å². The number of hydrogen-bond acceptors (Lipinski definition) is 3. The van der Waals surface area contributed by atoms with Gasteiger partial charge in [0.15, 0.2) is 6.61 Å². The van der Waals surface area contributed by atoms with E-state index in [1.165, 1.54) is 0 Å². The van der Waals surface area contributed by atoms with E-state index in [9.17, 15) is 31.1 Å². The Morgan fingerprint density at radius 2 is 1.57 bits per heavy atom. The number of carbonyl (C=O) groups excluding carboxylic acids is 1. The molecule has 0 atom stereocenters. The highest BCUT2D eigenvalue weighted by molar-refractivity contribution is 6.37. The Labute approximate surface area is 73.2 Å².